The van der Waals surface area contributed by atoms with E-state index in [-0.39, 0.29) is 12.1 Å². The predicted octanol–water partition coefficient (Wildman–Crippen LogP) is 2.23. The smallest absolute Gasteiger partial charge is 0.321 e. The number of sulfonamides is 1. The van der Waals surface area contributed by atoms with Crippen molar-refractivity contribution in [3.63, 3.8) is 0 Å². The average molecular weight is 346 g/mol. The first-order valence-electron chi connectivity index (χ1n) is 7.02. The molecule has 0 saturated carbocycles. The topological polar surface area (TPSA) is 69.7 Å². The molecule has 0 bridgehead atoms. The Morgan fingerprint density at radius 1 is 1.32 bits per heavy atom. The number of nitrogens with zero attached hydrogens (tertiary/aromatic N) is 2. The number of carbonyl (C=O) groups is 1. The van der Waals surface area contributed by atoms with Gasteiger partial charge in [0.1, 0.15) is 0 Å². The van der Waals surface area contributed by atoms with E-state index in [0.29, 0.717) is 36.6 Å². The second-order valence-corrected chi connectivity index (χ2v) is 7.86. The molecule has 0 aromatic heterocycles. The van der Waals surface area contributed by atoms with E-state index >= 15 is 0 Å². The summed E-state index contributed by atoms with van der Waals surface area (Å²) in [5, 5.41) is 3.27. The molecular weight excluding hydrogens is 326 g/mol. The zero-order chi connectivity index (χ0) is 16.3. The van der Waals surface area contributed by atoms with E-state index in [1.54, 1.807) is 36.2 Å². The van der Waals surface area contributed by atoms with Gasteiger partial charge in [-0.15, -0.1) is 0 Å². The fourth-order valence-corrected chi connectivity index (χ4v) is 3.40. The molecule has 0 spiro atoms. The molecule has 0 radical (unpaired) electrons. The number of para-hydroxylation sites is 1. The number of hydrogen-bond donors (Lipinski definition) is 1. The highest BCUT2D eigenvalue weighted by Gasteiger charge is 2.29. The van der Waals surface area contributed by atoms with Crippen molar-refractivity contribution in [1.82, 2.24) is 9.21 Å². The molecule has 8 heteroatoms. The summed E-state index contributed by atoms with van der Waals surface area (Å²) in [7, 11) is -1.61. The minimum Gasteiger partial charge on any atom is -0.324 e. The fraction of sp³-hybridized carbons (Fsp3) is 0.500. The Morgan fingerprint density at radius 2 is 1.91 bits per heavy atom. The normalized spacial score (nSPS) is 16.8. The SMILES string of the molecule is CN(C1CCN(C(=O)Nc2ccccc2Cl)CC1)S(C)(=O)=O. The minimum absolute atomic E-state index is 0.0561. The molecular formula is C14H20ClN3O3S. The van der Waals surface area contributed by atoms with Crippen molar-refractivity contribution in [2.45, 2.75) is 18.9 Å². The van der Waals surface area contributed by atoms with Crippen LogP contribution >= 0.6 is 11.6 Å². The molecule has 0 unspecified atom stereocenters. The van der Waals surface area contributed by atoms with Crippen molar-refractivity contribution < 1.29 is 13.2 Å². The molecule has 2 amide bonds. The van der Waals surface area contributed by atoms with Crippen molar-refractivity contribution in [2.75, 3.05) is 31.7 Å². The molecule has 6 nitrogen and oxygen atoms in total. The highest BCUT2D eigenvalue weighted by Crippen LogP contribution is 2.22. The van der Waals surface area contributed by atoms with E-state index in [1.807, 2.05) is 0 Å². The Balaban J connectivity index is 1.92. The van der Waals surface area contributed by atoms with Crippen LogP contribution in [0, 0.1) is 0 Å². The maximum absolute atomic E-state index is 12.2. The van der Waals surface area contributed by atoms with Crippen LogP contribution in [-0.4, -0.2) is 56.1 Å². The molecule has 0 aliphatic carbocycles. The van der Waals surface area contributed by atoms with Gasteiger partial charge in [0.05, 0.1) is 17.0 Å². The van der Waals surface area contributed by atoms with Gasteiger partial charge in [0.2, 0.25) is 10.0 Å². The number of benzene rings is 1. The van der Waals surface area contributed by atoms with Crippen LogP contribution in [0.5, 0.6) is 0 Å². The number of amides is 2. The van der Waals surface area contributed by atoms with Crippen LogP contribution < -0.4 is 5.32 Å². The molecule has 1 aliphatic rings. The Morgan fingerprint density at radius 3 is 2.45 bits per heavy atom. The van der Waals surface area contributed by atoms with Crippen molar-refractivity contribution in [2.24, 2.45) is 0 Å². The van der Waals surface area contributed by atoms with E-state index in [4.69, 9.17) is 11.6 Å². The molecule has 2 rings (SSSR count). The van der Waals surface area contributed by atoms with Gasteiger partial charge in [-0.05, 0) is 25.0 Å². The van der Waals surface area contributed by atoms with E-state index in [2.05, 4.69) is 5.32 Å². The van der Waals surface area contributed by atoms with Crippen molar-refractivity contribution >= 4 is 33.3 Å². The van der Waals surface area contributed by atoms with Crippen molar-refractivity contribution in [1.29, 1.82) is 0 Å². The number of carbonyl (C=O) groups excluding carboxylic acids is 1. The van der Waals surface area contributed by atoms with E-state index in [0.717, 1.165) is 0 Å². The van der Waals surface area contributed by atoms with E-state index in [1.165, 1.54) is 10.6 Å². The van der Waals surface area contributed by atoms with Gasteiger partial charge in [-0.1, -0.05) is 23.7 Å². The minimum atomic E-state index is -3.20. The third-order valence-corrected chi connectivity index (χ3v) is 5.58. The first-order valence-corrected chi connectivity index (χ1v) is 9.25. The summed E-state index contributed by atoms with van der Waals surface area (Å²) in [6.45, 7) is 1.03. The van der Waals surface area contributed by atoms with Gasteiger partial charge < -0.3 is 10.2 Å². The van der Waals surface area contributed by atoms with Crippen LogP contribution in [0.2, 0.25) is 5.02 Å². The average Bonchev–Trinajstić information content (AvgIpc) is 2.48. The standard InChI is InChI=1S/C14H20ClN3O3S/c1-17(22(2,20)21)11-7-9-18(10-8-11)14(19)16-13-6-4-3-5-12(13)15/h3-6,11H,7-10H2,1-2H3,(H,16,19). The Labute approximate surface area is 136 Å². The molecule has 1 aromatic carbocycles. The van der Waals surface area contributed by atoms with Gasteiger partial charge in [0, 0.05) is 26.2 Å². The quantitative estimate of drug-likeness (QED) is 0.913. The predicted molar refractivity (Wildman–Crippen MR) is 87.7 cm³/mol. The zero-order valence-electron chi connectivity index (χ0n) is 12.6. The largest absolute Gasteiger partial charge is 0.324 e. The fourth-order valence-electron chi connectivity index (χ4n) is 2.46. The van der Waals surface area contributed by atoms with Crippen LogP contribution in [0.3, 0.4) is 0 Å². The molecule has 1 fully saturated rings. The van der Waals surface area contributed by atoms with Crippen LogP contribution in [0.25, 0.3) is 0 Å². The van der Waals surface area contributed by atoms with Gasteiger partial charge in [-0.25, -0.2) is 17.5 Å². The highest BCUT2D eigenvalue weighted by atomic mass is 35.5. The maximum Gasteiger partial charge on any atom is 0.321 e. The molecule has 1 aromatic rings. The van der Waals surface area contributed by atoms with Crippen molar-refractivity contribution in [3.8, 4) is 0 Å². The number of nitrogens with one attached hydrogen (secondary N) is 1. The van der Waals surface area contributed by atoms with Crippen LogP contribution in [-0.2, 0) is 10.0 Å². The number of hydrogen-bond acceptors (Lipinski definition) is 3. The highest BCUT2D eigenvalue weighted by molar-refractivity contribution is 7.88. The second-order valence-electron chi connectivity index (χ2n) is 5.41. The maximum atomic E-state index is 12.2. The number of halogens is 1. The summed E-state index contributed by atoms with van der Waals surface area (Å²) in [6, 6.07) is 6.78. The van der Waals surface area contributed by atoms with Crippen LogP contribution in [0.1, 0.15) is 12.8 Å². The number of urea groups is 1. The van der Waals surface area contributed by atoms with Crippen LogP contribution in [0.4, 0.5) is 10.5 Å². The van der Waals surface area contributed by atoms with Gasteiger partial charge in [0.25, 0.3) is 0 Å². The Bertz CT molecular complexity index is 642. The summed E-state index contributed by atoms with van der Waals surface area (Å²) >= 11 is 6.02. The lowest BCUT2D eigenvalue weighted by molar-refractivity contribution is 0.175. The number of rotatable bonds is 3. The molecule has 0 atom stereocenters. The lowest BCUT2D eigenvalue weighted by Gasteiger charge is -2.35. The van der Waals surface area contributed by atoms with Gasteiger partial charge in [0.15, 0.2) is 0 Å². The number of likely N-dealkylation sites (tertiary alicyclic amines) is 1. The molecule has 22 heavy (non-hydrogen) atoms. The van der Waals surface area contributed by atoms with E-state index in [9.17, 15) is 13.2 Å². The summed E-state index contributed by atoms with van der Waals surface area (Å²) in [5.74, 6) is 0. The summed E-state index contributed by atoms with van der Waals surface area (Å²) in [4.78, 5) is 13.9. The molecule has 1 saturated heterocycles. The first kappa shape index (κ1) is 17.1. The van der Waals surface area contributed by atoms with E-state index < -0.39 is 10.0 Å². The van der Waals surface area contributed by atoms with Crippen LogP contribution in [0.15, 0.2) is 24.3 Å². The Hall–Kier alpha value is -1.31. The van der Waals surface area contributed by atoms with Crippen molar-refractivity contribution in [3.05, 3.63) is 29.3 Å². The number of anilines is 1. The third-order valence-electron chi connectivity index (χ3n) is 3.90. The summed E-state index contributed by atoms with van der Waals surface area (Å²) in [5.41, 5.74) is 0.574. The molecule has 1 N–H and O–H groups in total. The summed E-state index contributed by atoms with van der Waals surface area (Å²) in [6.07, 6.45) is 2.45. The second kappa shape index (κ2) is 6.85. The monoisotopic (exact) mass is 345 g/mol. The molecule has 1 heterocycles. The lowest BCUT2D eigenvalue weighted by atomic mass is 10.1. The third kappa shape index (κ3) is 4.12. The molecule has 1 aliphatic heterocycles. The van der Waals surface area contributed by atoms with Gasteiger partial charge >= 0.3 is 6.03 Å². The zero-order valence-corrected chi connectivity index (χ0v) is 14.2. The lowest BCUT2D eigenvalue weighted by Crippen LogP contribution is -2.48. The number of piperidine rings is 1. The Kier molecular flexibility index (Phi) is 5.31. The summed E-state index contributed by atoms with van der Waals surface area (Å²) < 4.78 is 24.5. The molecule has 122 valence electrons. The van der Waals surface area contributed by atoms with Gasteiger partial charge in [-0.2, -0.15) is 0 Å². The van der Waals surface area contributed by atoms with Gasteiger partial charge in [-0.3, -0.25) is 0 Å². The first-order chi connectivity index (χ1) is 10.3.